The van der Waals surface area contributed by atoms with Crippen LogP contribution >= 0.6 is 68.0 Å². The maximum Gasteiger partial charge on any atom is 0.333 e. The molecule has 0 spiro atoms. The van der Waals surface area contributed by atoms with Crippen LogP contribution < -0.4 is 0 Å². The van der Waals surface area contributed by atoms with Crippen LogP contribution in [0, 0.1) is 68.6 Å². The smallest absolute Gasteiger partial charge is 0.333 e. The Labute approximate surface area is 408 Å². The van der Waals surface area contributed by atoms with E-state index in [0.717, 1.165) is 49.8 Å². The first kappa shape index (κ1) is 49.3. The number of aldehydes is 1. The first-order valence-corrected chi connectivity index (χ1v) is 26.2. The molecule has 9 heteroatoms. The molecule has 6 aromatic rings. The Morgan fingerprint density at radius 3 is 1.71 bits per heavy atom. The summed E-state index contributed by atoms with van der Waals surface area (Å²) < 4.78 is 5.49. The lowest BCUT2D eigenvalue weighted by atomic mass is 10.1. The average molecular weight is 956 g/mol. The van der Waals surface area contributed by atoms with Gasteiger partial charge in [-0.3, -0.25) is 4.79 Å². The third kappa shape index (κ3) is 13.9. The number of unbranched alkanes of at least 4 members (excludes halogenated alkanes) is 5. The number of thiophene rings is 6. The number of rotatable bonds is 16. The predicted molar refractivity (Wildman–Crippen MR) is 292 cm³/mol. The Kier molecular flexibility index (Phi) is 19.1. The van der Waals surface area contributed by atoms with Crippen molar-refractivity contribution in [3.63, 3.8) is 0 Å². The fourth-order valence-corrected chi connectivity index (χ4v) is 13.6. The van der Waals surface area contributed by atoms with Gasteiger partial charge >= 0.3 is 5.97 Å². The molecular formula is C54H66O3S6. The third-order valence-corrected chi connectivity index (χ3v) is 18.1. The highest BCUT2D eigenvalue weighted by Gasteiger charge is 2.18. The molecule has 0 aliphatic rings. The Morgan fingerprint density at radius 2 is 1.14 bits per heavy atom. The van der Waals surface area contributed by atoms with Gasteiger partial charge in [0.2, 0.25) is 0 Å². The molecule has 0 unspecified atom stereocenters. The molecule has 0 aromatic carbocycles. The molecule has 0 saturated heterocycles. The molecule has 6 heterocycles. The minimum atomic E-state index is -0.200. The first-order chi connectivity index (χ1) is 30.3. The van der Waals surface area contributed by atoms with Crippen LogP contribution in [0.5, 0.6) is 0 Å². The monoisotopic (exact) mass is 954 g/mol. The summed E-state index contributed by atoms with van der Waals surface area (Å²) >= 11 is 10.5. The maximum atomic E-state index is 12.4. The van der Waals surface area contributed by atoms with Crippen LogP contribution in [0.25, 0.3) is 45.1 Å². The average Bonchev–Trinajstić information content (AvgIpc) is 4.12. The summed E-state index contributed by atoms with van der Waals surface area (Å²) in [5, 5.41) is 0. The van der Waals surface area contributed by atoms with E-state index in [-0.39, 0.29) is 14.5 Å². The van der Waals surface area contributed by atoms with Crippen molar-refractivity contribution in [2.24, 2.45) is 0 Å². The largest absolute Gasteiger partial charge is 0.462 e. The molecule has 3 nitrogen and oxygen atoms in total. The molecular weight excluding hydrogens is 889 g/mol. The van der Waals surface area contributed by atoms with Gasteiger partial charge in [-0.2, -0.15) is 0 Å². The SMILES string of the molecule is C#CC#CC#CC#Cc1cc(C(C)C)sc1-c1ccc(-c2sc(C=O)cc2C)s1.CCCCCCCCOC(=O)/C(C)=C\c1cc(C)c(-c2ccc(-c3sc(C(C)C)cc3C)s2)s1.[HH].[HH].[HH].[HH].[HH].[HH]. The van der Waals surface area contributed by atoms with Crippen LogP contribution in [-0.4, -0.2) is 18.9 Å². The lowest BCUT2D eigenvalue weighted by molar-refractivity contribution is -0.139. The van der Waals surface area contributed by atoms with Crippen molar-refractivity contribution in [3.8, 4) is 86.9 Å². The number of carbonyl (C=O) groups excluding carboxylic acids is 2. The van der Waals surface area contributed by atoms with Gasteiger partial charge in [0.25, 0.3) is 0 Å². The highest BCUT2D eigenvalue weighted by atomic mass is 32.1. The van der Waals surface area contributed by atoms with Crippen molar-refractivity contribution in [3.05, 3.63) is 95.9 Å². The normalized spacial score (nSPS) is 10.9. The number of terminal acetylenes is 1. The second-order valence-electron chi connectivity index (χ2n) is 15.8. The van der Waals surface area contributed by atoms with E-state index in [4.69, 9.17) is 11.2 Å². The molecule has 336 valence electrons. The first-order valence-electron chi connectivity index (χ1n) is 21.3. The number of hydrogen-bond donors (Lipinski definition) is 0. The molecule has 0 radical (unpaired) electrons. The van der Waals surface area contributed by atoms with Gasteiger partial charge in [-0.15, -0.1) is 74.4 Å². The van der Waals surface area contributed by atoms with E-state index in [1.54, 1.807) is 34.0 Å². The summed E-state index contributed by atoms with van der Waals surface area (Å²) in [5.41, 5.74) is 5.39. The van der Waals surface area contributed by atoms with E-state index in [1.165, 1.54) is 87.2 Å². The fourth-order valence-electron chi connectivity index (χ4n) is 6.46. The lowest BCUT2D eigenvalue weighted by Crippen LogP contribution is -2.06. The molecule has 0 bridgehead atoms. The van der Waals surface area contributed by atoms with Gasteiger partial charge in [-0.1, -0.05) is 72.6 Å². The summed E-state index contributed by atoms with van der Waals surface area (Å²) in [7, 11) is 0. The summed E-state index contributed by atoms with van der Waals surface area (Å²) in [6.07, 6.45) is 15.1. The Morgan fingerprint density at radius 1 is 0.651 bits per heavy atom. The molecule has 0 aliphatic carbocycles. The zero-order valence-electron chi connectivity index (χ0n) is 37.6. The Bertz CT molecular complexity index is 2810. The zero-order chi connectivity index (χ0) is 45.5. The molecule has 0 N–H and O–H groups in total. The Hall–Kier alpha value is -4.68. The van der Waals surface area contributed by atoms with E-state index in [0.29, 0.717) is 24.0 Å². The number of ether oxygens (including phenoxy) is 1. The van der Waals surface area contributed by atoms with Gasteiger partial charge in [-0.25, -0.2) is 4.79 Å². The van der Waals surface area contributed by atoms with Gasteiger partial charge in [0.15, 0.2) is 6.29 Å². The minimum Gasteiger partial charge on any atom is -0.462 e. The van der Waals surface area contributed by atoms with Crippen LogP contribution in [0.3, 0.4) is 0 Å². The Balaban J connectivity index is 0. The molecule has 0 saturated carbocycles. The topological polar surface area (TPSA) is 43.4 Å². The van der Waals surface area contributed by atoms with Crippen molar-refractivity contribution < 1.29 is 22.9 Å². The van der Waals surface area contributed by atoms with Crippen molar-refractivity contribution in [1.82, 2.24) is 0 Å². The highest BCUT2D eigenvalue weighted by molar-refractivity contribution is 7.27. The fraction of sp³-hybridized carbons (Fsp3) is 0.333. The molecule has 0 fully saturated rings. The standard InChI is InChI=1S/C29H38O2S3.C25H16OS3.6H2/c1-7-8-9-10-11-12-15-31-29(30)22(6)17-23-16-20(4)27(32-23)24-13-14-25(33-24)28-21(5)18-26(34-28)19(2)3;1-5-6-7-8-9-10-11-19-15-23(17(2)3)29-25(19)22-13-12-21(28-22)24-18(4)14-20(16-26)27-24;;;;;;/h13-14,16-19H,7-12,15H2,1-6H3;1,12-17H,2-4H3;6*1H/b22-17-;;;;;;;. The minimum absolute atomic E-state index is 0. The quantitative estimate of drug-likeness (QED) is 0.0319. The van der Waals surface area contributed by atoms with Crippen LogP contribution in [0.1, 0.15) is 147 Å². The zero-order valence-corrected chi connectivity index (χ0v) is 42.5. The van der Waals surface area contributed by atoms with Gasteiger partial charge in [-0.05, 0) is 153 Å². The van der Waals surface area contributed by atoms with Crippen molar-refractivity contribution in [2.45, 2.75) is 113 Å². The highest BCUT2D eigenvalue weighted by Crippen LogP contribution is 2.45. The number of hydrogen-bond acceptors (Lipinski definition) is 9. The third-order valence-electron chi connectivity index (χ3n) is 9.85. The van der Waals surface area contributed by atoms with Gasteiger partial charge < -0.3 is 4.74 Å². The molecule has 63 heavy (non-hydrogen) atoms. The maximum absolute atomic E-state index is 12.4. The van der Waals surface area contributed by atoms with E-state index < -0.39 is 0 Å². The summed E-state index contributed by atoms with van der Waals surface area (Å²) in [6.45, 7) is 19.9. The lowest BCUT2D eigenvalue weighted by Gasteiger charge is -2.05. The molecule has 0 atom stereocenters. The van der Waals surface area contributed by atoms with Gasteiger partial charge in [0, 0.05) is 68.5 Å². The second-order valence-corrected chi connectivity index (χ2v) is 22.3. The van der Waals surface area contributed by atoms with Crippen LogP contribution in [-0.2, 0) is 9.53 Å². The summed E-state index contributed by atoms with van der Waals surface area (Å²) in [4.78, 5) is 38.0. The summed E-state index contributed by atoms with van der Waals surface area (Å²) in [6, 6.07) is 17.3. The number of carbonyl (C=O) groups is 2. The van der Waals surface area contributed by atoms with E-state index >= 15 is 0 Å². The number of aryl methyl sites for hydroxylation is 3. The van der Waals surface area contributed by atoms with Crippen LogP contribution in [0.4, 0.5) is 0 Å². The predicted octanol–water partition coefficient (Wildman–Crippen LogP) is 18.2. The molecule has 0 aliphatic heterocycles. The van der Waals surface area contributed by atoms with Crippen LogP contribution in [0.2, 0.25) is 0 Å². The van der Waals surface area contributed by atoms with E-state index in [2.05, 4.69) is 132 Å². The van der Waals surface area contributed by atoms with Crippen molar-refractivity contribution >= 4 is 86.4 Å². The second kappa shape index (κ2) is 24.4. The molecule has 0 amide bonds. The van der Waals surface area contributed by atoms with E-state index in [1.807, 2.05) is 48.7 Å². The van der Waals surface area contributed by atoms with Crippen LogP contribution in [0.15, 0.2) is 54.1 Å². The number of esters is 1. The molecule has 6 rings (SSSR count). The van der Waals surface area contributed by atoms with Gasteiger partial charge in [0.1, 0.15) is 0 Å². The van der Waals surface area contributed by atoms with Crippen molar-refractivity contribution in [1.29, 1.82) is 0 Å². The van der Waals surface area contributed by atoms with Gasteiger partial charge in [0.05, 0.1) is 16.4 Å². The molecule has 6 aromatic heterocycles. The van der Waals surface area contributed by atoms with E-state index in [9.17, 15) is 9.59 Å². The van der Waals surface area contributed by atoms with Crippen molar-refractivity contribution in [2.75, 3.05) is 6.61 Å². The summed E-state index contributed by atoms with van der Waals surface area (Å²) in [5.74, 6) is 19.4.